The van der Waals surface area contributed by atoms with Crippen LogP contribution >= 0.6 is 0 Å². The molecule has 0 spiro atoms. The van der Waals surface area contributed by atoms with Crippen LogP contribution in [0.3, 0.4) is 0 Å². The lowest BCUT2D eigenvalue weighted by molar-refractivity contribution is -0.154. The Hall–Kier alpha value is -2.13. The third-order valence-corrected chi connectivity index (χ3v) is 4.09. The van der Waals surface area contributed by atoms with Crippen molar-refractivity contribution in [2.24, 2.45) is 5.92 Å². The lowest BCUT2D eigenvalue weighted by Gasteiger charge is -2.25. The van der Waals surface area contributed by atoms with Crippen molar-refractivity contribution in [2.75, 3.05) is 6.61 Å². The van der Waals surface area contributed by atoms with Gasteiger partial charge in [-0.3, -0.25) is 0 Å². The second-order valence-electron chi connectivity index (χ2n) is 5.57. The summed E-state index contributed by atoms with van der Waals surface area (Å²) in [4.78, 5) is 12.0. The molecule has 3 rings (SSSR count). The monoisotopic (exact) mass is 282 g/mol. The van der Waals surface area contributed by atoms with Crippen LogP contribution in [0.4, 0.5) is 0 Å². The van der Waals surface area contributed by atoms with Crippen molar-refractivity contribution in [3.63, 3.8) is 0 Å². The average Bonchev–Trinajstić information content (AvgIpc) is 2.78. The van der Waals surface area contributed by atoms with E-state index in [-0.39, 0.29) is 12.5 Å². The number of carbonyl (C=O) groups is 1. The Kier molecular flexibility index (Phi) is 3.76. The number of aliphatic hydroxyl groups is 1. The van der Waals surface area contributed by atoms with Gasteiger partial charge in [-0.1, -0.05) is 60.7 Å². The van der Waals surface area contributed by atoms with Gasteiger partial charge in [-0.25, -0.2) is 4.79 Å². The van der Waals surface area contributed by atoms with E-state index in [1.165, 1.54) is 0 Å². The molecule has 1 saturated heterocycles. The summed E-state index contributed by atoms with van der Waals surface area (Å²) in [5.41, 5.74) is 0.612. The first kappa shape index (κ1) is 13.8. The topological polar surface area (TPSA) is 46.5 Å². The Morgan fingerprint density at radius 1 is 1.00 bits per heavy atom. The summed E-state index contributed by atoms with van der Waals surface area (Å²) in [6.45, 7) is 0.275. The first-order valence-electron chi connectivity index (χ1n) is 7.16. The molecule has 1 aliphatic rings. The second kappa shape index (κ2) is 5.70. The lowest BCUT2D eigenvalue weighted by atomic mass is 9.81. The van der Waals surface area contributed by atoms with Gasteiger partial charge in [-0.05, 0) is 17.5 Å². The first-order chi connectivity index (χ1) is 10.2. The van der Waals surface area contributed by atoms with Crippen LogP contribution in [0.25, 0.3) is 0 Å². The van der Waals surface area contributed by atoms with E-state index in [9.17, 15) is 9.90 Å². The third kappa shape index (κ3) is 2.83. The maximum Gasteiger partial charge on any atom is 0.338 e. The van der Waals surface area contributed by atoms with Crippen molar-refractivity contribution in [3.8, 4) is 0 Å². The van der Waals surface area contributed by atoms with Crippen LogP contribution in [-0.4, -0.2) is 23.3 Å². The zero-order chi connectivity index (χ0) is 14.7. The minimum absolute atomic E-state index is 0.215. The zero-order valence-corrected chi connectivity index (χ0v) is 11.7. The van der Waals surface area contributed by atoms with Crippen LogP contribution < -0.4 is 0 Å². The molecular weight excluding hydrogens is 264 g/mol. The van der Waals surface area contributed by atoms with Crippen molar-refractivity contribution >= 4 is 5.97 Å². The minimum atomic E-state index is -1.43. The molecule has 1 heterocycles. The maximum absolute atomic E-state index is 12.0. The molecule has 0 radical (unpaired) electrons. The van der Waals surface area contributed by atoms with Crippen molar-refractivity contribution in [2.45, 2.75) is 18.4 Å². The molecule has 0 aromatic heterocycles. The van der Waals surface area contributed by atoms with Gasteiger partial charge in [0.05, 0.1) is 6.61 Å². The van der Waals surface area contributed by atoms with Crippen LogP contribution in [0.1, 0.15) is 11.1 Å². The Bertz CT molecular complexity index is 609. The van der Waals surface area contributed by atoms with E-state index < -0.39 is 11.6 Å². The van der Waals surface area contributed by atoms with Crippen molar-refractivity contribution < 1.29 is 14.6 Å². The van der Waals surface area contributed by atoms with Gasteiger partial charge < -0.3 is 9.84 Å². The highest BCUT2D eigenvalue weighted by molar-refractivity contribution is 5.82. The number of benzene rings is 2. The quantitative estimate of drug-likeness (QED) is 0.876. The minimum Gasteiger partial charge on any atom is -0.463 e. The molecule has 0 amide bonds. The van der Waals surface area contributed by atoms with Crippen molar-refractivity contribution in [1.29, 1.82) is 0 Å². The highest BCUT2D eigenvalue weighted by Crippen LogP contribution is 2.33. The largest absolute Gasteiger partial charge is 0.463 e. The van der Waals surface area contributed by atoms with E-state index in [4.69, 9.17) is 4.74 Å². The molecule has 1 N–H and O–H groups in total. The summed E-state index contributed by atoms with van der Waals surface area (Å²) in [7, 11) is 0. The van der Waals surface area contributed by atoms with Gasteiger partial charge >= 0.3 is 5.97 Å². The van der Waals surface area contributed by atoms with Gasteiger partial charge in [0.2, 0.25) is 0 Å². The van der Waals surface area contributed by atoms with E-state index in [1.54, 1.807) is 0 Å². The van der Waals surface area contributed by atoms with Crippen molar-refractivity contribution in [3.05, 3.63) is 71.8 Å². The molecule has 2 aromatic carbocycles. The van der Waals surface area contributed by atoms with Crippen LogP contribution in [-0.2, 0) is 22.4 Å². The summed E-state index contributed by atoms with van der Waals surface area (Å²) in [6.07, 6.45) is 0.931. The molecule has 1 aliphatic heterocycles. The predicted molar refractivity (Wildman–Crippen MR) is 79.7 cm³/mol. The summed E-state index contributed by atoms with van der Waals surface area (Å²) in [6, 6.07) is 19.5. The number of carbonyl (C=O) groups excluding carboxylic acids is 1. The summed E-state index contributed by atoms with van der Waals surface area (Å²) in [5.74, 6) is -0.722. The SMILES string of the molecule is O=C1OCC(Cc2ccccc2)C1(O)Cc1ccccc1. The van der Waals surface area contributed by atoms with Gasteiger partial charge in [-0.2, -0.15) is 0 Å². The summed E-state index contributed by atoms with van der Waals surface area (Å²) >= 11 is 0. The molecule has 2 unspecified atom stereocenters. The number of cyclic esters (lactones) is 1. The summed E-state index contributed by atoms with van der Waals surface area (Å²) in [5, 5.41) is 10.9. The molecule has 3 heteroatoms. The van der Waals surface area contributed by atoms with Crippen molar-refractivity contribution in [1.82, 2.24) is 0 Å². The zero-order valence-electron chi connectivity index (χ0n) is 11.7. The van der Waals surface area contributed by atoms with Crippen LogP contribution in [0.15, 0.2) is 60.7 Å². The number of ether oxygens (including phenoxy) is 1. The molecule has 2 atom stereocenters. The fourth-order valence-corrected chi connectivity index (χ4v) is 2.86. The standard InChI is InChI=1S/C18H18O3/c19-17-18(20,12-15-9-5-2-6-10-15)16(13-21-17)11-14-7-3-1-4-8-14/h1-10,16,20H,11-13H2. The Labute approximate surface area is 124 Å². The molecule has 0 aliphatic carbocycles. The van der Waals surface area contributed by atoms with Crippen LogP contribution in [0.5, 0.6) is 0 Å². The highest BCUT2D eigenvalue weighted by atomic mass is 16.6. The lowest BCUT2D eigenvalue weighted by Crippen LogP contribution is -2.44. The van der Waals surface area contributed by atoms with E-state index in [2.05, 4.69) is 0 Å². The highest BCUT2D eigenvalue weighted by Gasteiger charge is 2.50. The number of esters is 1. The Morgan fingerprint density at radius 2 is 1.57 bits per heavy atom. The maximum atomic E-state index is 12.0. The summed E-state index contributed by atoms with van der Waals surface area (Å²) < 4.78 is 5.14. The molecule has 21 heavy (non-hydrogen) atoms. The molecule has 108 valence electrons. The molecule has 2 aromatic rings. The van der Waals surface area contributed by atoms with Gasteiger partial charge in [0.25, 0.3) is 0 Å². The van der Waals surface area contributed by atoms with E-state index in [0.29, 0.717) is 12.8 Å². The molecule has 1 fully saturated rings. The average molecular weight is 282 g/mol. The van der Waals surface area contributed by atoms with Gasteiger partial charge in [0.1, 0.15) is 0 Å². The second-order valence-corrected chi connectivity index (χ2v) is 5.57. The van der Waals surface area contributed by atoms with Gasteiger partial charge in [0, 0.05) is 12.3 Å². The normalized spacial score (nSPS) is 24.8. The molecule has 3 nitrogen and oxygen atoms in total. The Morgan fingerprint density at radius 3 is 2.19 bits per heavy atom. The smallest absolute Gasteiger partial charge is 0.338 e. The van der Waals surface area contributed by atoms with Crippen LogP contribution in [0, 0.1) is 5.92 Å². The number of hydrogen-bond acceptors (Lipinski definition) is 3. The van der Waals surface area contributed by atoms with Crippen LogP contribution in [0.2, 0.25) is 0 Å². The molecule has 0 bridgehead atoms. The fourth-order valence-electron chi connectivity index (χ4n) is 2.86. The fraction of sp³-hybridized carbons (Fsp3) is 0.278. The third-order valence-electron chi connectivity index (χ3n) is 4.09. The van der Waals surface area contributed by atoms with E-state index >= 15 is 0 Å². The molecule has 0 saturated carbocycles. The number of rotatable bonds is 4. The van der Waals surface area contributed by atoms with E-state index in [0.717, 1.165) is 11.1 Å². The Balaban J connectivity index is 1.81. The number of hydrogen-bond donors (Lipinski definition) is 1. The van der Waals surface area contributed by atoms with E-state index in [1.807, 2.05) is 60.7 Å². The predicted octanol–water partition coefficient (Wildman–Crippen LogP) is 2.38. The van der Waals surface area contributed by atoms with Gasteiger partial charge in [0.15, 0.2) is 5.60 Å². The van der Waals surface area contributed by atoms with Gasteiger partial charge in [-0.15, -0.1) is 0 Å². The first-order valence-corrected chi connectivity index (χ1v) is 7.16. The molecular formula is C18H18O3.